The minimum absolute atomic E-state index is 0.0424. The summed E-state index contributed by atoms with van der Waals surface area (Å²) in [5.41, 5.74) is 0. The van der Waals surface area contributed by atoms with Gasteiger partial charge in [-0.25, -0.2) is 4.79 Å². The number of rotatable bonds is 6. The number of nitrogens with zero attached hydrogens (tertiary/aromatic N) is 4. The molecule has 152 valence electrons. The summed E-state index contributed by atoms with van der Waals surface area (Å²) in [6, 6.07) is 4.07. The van der Waals surface area contributed by atoms with Gasteiger partial charge < -0.3 is 20.4 Å². The minimum atomic E-state index is -0.0424. The van der Waals surface area contributed by atoms with E-state index >= 15 is 0 Å². The SMILES string of the molecule is O=C1N[C@H]2[C@H](CS[C@H]2CCCCC(=O)N2CCN(c3ccc(Cl)nn3)CC2)N1. The molecule has 1 aromatic heterocycles. The second-order valence-corrected chi connectivity index (χ2v) is 9.11. The number of unbranched alkanes of at least 4 members (excludes halogenated alkanes) is 1. The molecule has 0 saturated carbocycles. The molecule has 3 atom stereocenters. The van der Waals surface area contributed by atoms with Crippen LogP contribution in [0.3, 0.4) is 0 Å². The number of halogens is 1. The van der Waals surface area contributed by atoms with Crippen LogP contribution in [0, 0.1) is 0 Å². The summed E-state index contributed by atoms with van der Waals surface area (Å²) in [6.07, 6.45) is 3.56. The maximum absolute atomic E-state index is 12.5. The second kappa shape index (κ2) is 8.73. The molecule has 3 saturated heterocycles. The third-order valence-electron chi connectivity index (χ3n) is 5.64. The van der Waals surface area contributed by atoms with E-state index in [0.29, 0.717) is 29.9 Å². The maximum Gasteiger partial charge on any atom is 0.315 e. The molecule has 0 radical (unpaired) electrons. The van der Waals surface area contributed by atoms with E-state index in [1.807, 2.05) is 22.7 Å². The first kappa shape index (κ1) is 19.6. The zero-order valence-corrected chi connectivity index (χ0v) is 17.2. The highest BCUT2D eigenvalue weighted by molar-refractivity contribution is 8.00. The molecule has 0 unspecified atom stereocenters. The lowest BCUT2D eigenvalue weighted by molar-refractivity contribution is -0.131. The van der Waals surface area contributed by atoms with Gasteiger partial charge in [0, 0.05) is 43.6 Å². The largest absolute Gasteiger partial charge is 0.352 e. The van der Waals surface area contributed by atoms with Gasteiger partial charge >= 0.3 is 6.03 Å². The van der Waals surface area contributed by atoms with E-state index in [0.717, 1.165) is 43.9 Å². The summed E-state index contributed by atoms with van der Waals surface area (Å²) in [6.45, 7) is 2.94. The van der Waals surface area contributed by atoms with Gasteiger partial charge in [-0.2, -0.15) is 11.8 Å². The quantitative estimate of drug-likeness (QED) is 0.531. The minimum Gasteiger partial charge on any atom is -0.352 e. The van der Waals surface area contributed by atoms with Crippen LogP contribution in [0.5, 0.6) is 0 Å². The summed E-state index contributed by atoms with van der Waals surface area (Å²) >= 11 is 7.71. The van der Waals surface area contributed by atoms with E-state index in [2.05, 4.69) is 25.7 Å². The molecule has 4 rings (SSSR count). The van der Waals surface area contributed by atoms with E-state index in [1.54, 1.807) is 6.07 Å². The first-order valence-electron chi connectivity index (χ1n) is 9.81. The van der Waals surface area contributed by atoms with Crippen LogP contribution in [0.1, 0.15) is 25.7 Å². The Morgan fingerprint density at radius 3 is 2.75 bits per heavy atom. The molecule has 28 heavy (non-hydrogen) atoms. The van der Waals surface area contributed by atoms with Crippen molar-refractivity contribution >= 4 is 41.1 Å². The first-order chi connectivity index (χ1) is 13.6. The molecule has 0 aromatic carbocycles. The van der Waals surface area contributed by atoms with Gasteiger partial charge in [-0.05, 0) is 25.0 Å². The van der Waals surface area contributed by atoms with E-state index in [1.165, 1.54) is 0 Å². The fourth-order valence-corrected chi connectivity index (χ4v) is 5.73. The normalized spacial score (nSPS) is 26.8. The molecule has 3 aliphatic heterocycles. The van der Waals surface area contributed by atoms with Gasteiger partial charge in [0.15, 0.2) is 11.0 Å². The Bertz CT molecular complexity index is 713. The van der Waals surface area contributed by atoms with Crippen molar-refractivity contribution in [3.8, 4) is 0 Å². The Morgan fingerprint density at radius 2 is 2.00 bits per heavy atom. The summed E-state index contributed by atoms with van der Waals surface area (Å²) in [4.78, 5) is 28.0. The Morgan fingerprint density at radius 1 is 1.18 bits per heavy atom. The van der Waals surface area contributed by atoms with Crippen molar-refractivity contribution in [1.82, 2.24) is 25.7 Å². The molecule has 3 amide bonds. The molecule has 8 nitrogen and oxygen atoms in total. The van der Waals surface area contributed by atoms with Gasteiger partial charge in [-0.15, -0.1) is 10.2 Å². The summed E-state index contributed by atoms with van der Waals surface area (Å²) in [5.74, 6) is 2.02. The van der Waals surface area contributed by atoms with Crippen LogP contribution in [0.4, 0.5) is 10.6 Å². The lowest BCUT2D eigenvalue weighted by atomic mass is 10.0. The zero-order valence-electron chi connectivity index (χ0n) is 15.6. The number of anilines is 1. The molecule has 3 aliphatic rings. The van der Waals surface area contributed by atoms with Gasteiger partial charge in [0.25, 0.3) is 0 Å². The van der Waals surface area contributed by atoms with Crippen LogP contribution < -0.4 is 15.5 Å². The van der Waals surface area contributed by atoms with Crippen molar-refractivity contribution in [3.63, 3.8) is 0 Å². The summed E-state index contributed by atoms with van der Waals surface area (Å²) in [7, 11) is 0. The number of nitrogens with one attached hydrogen (secondary N) is 2. The van der Waals surface area contributed by atoms with Crippen LogP contribution in [0.15, 0.2) is 12.1 Å². The Labute approximate surface area is 173 Å². The highest BCUT2D eigenvalue weighted by atomic mass is 35.5. The smallest absolute Gasteiger partial charge is 0.315 e. The standard InChI is InChI=1S/C18H25ClN6O2S/c19-14-5-6-15(23-22-14)24-7-9-25(10-8-24)16(26)4-2-1-3-13-17-12(11-28-13)20-18(27)21-17/h5-6,12-13,17H,1-4,7-11H2,(H2,20,21,27)/t12-,13-,17-/m0/s1. The molecular weight excluding hydrogens is 400 g/mol. The van der Waals surface area contributed by atoms with Gasteiger partial charge in [-0.3, -0.25) is 4.79 Å². The van der Waals surface area contributed by atoms with Crippen molar-refractivity contribution in [3.05, 3.63) is 17.3 Å². The van der Waals surface area contributed by atoms with Crippen LogP contribution >= 0.6 is 23.4 Å². The topological polar surface area (TPSA) is 90.5 Å². The molecule has 2 N–H and O–H groups in total. The van der Waals surface area contributed by atoms with Crippen LogP contribution in [-0.4, -0.2) is 76.3 Å². The molecule has 0 bridgehead atoms. The second-order valence-electron chi connectivity index (χ2n) is 7.45. The number of carbonyl (C=O) groups is 2. The zero-order chi connectivity index (χ0) is 19.5. The molecule has 10 heteroatoms. The third kappa shape index (κ3) is 4.46. The van der Waals surface area contributed by atoms with E-state index in [4.69, 9.17) is 11.6 Å². The van der Waals surface area contributed by atoms with E-state index in [9.17, 15) is 9.59 Å². The average Bonchev–Trinajstić information content (AvgIpc) is 3.25. The summed E-state index contributed by atoms with van der Waals surface area (Å²) < 4.78 is 0. The third-order valence-corrected chi connectivity index (χ3v) is 7.35. The number of thioether (sulfide) groups is 1. The molecular formula is C18H25ClN6O2S. The number of urea groups is 1. The summed E-state index contributed by atoms with van der Waals surface area (Å²) in [5, 5.41) is 14.8. The van der Waals surface area contributed by atoms with Crippen molar-refractivity contribution in [1.29, 1.82) is 0 Å². The fourth-order valence-electron chi connectivity index (χ4n) is 4.09. The van der Waals surface area contributed by atoms with Gasteiger partial charge in [-0.1, -0.05) is 18.0 Å². The Kier molecular flexibility index (Phi) is 6.10. The monoisotopic (exact) mass is 424 g/mol. The fraction of sp³-hybridized carbons (Fsp3) is 0.667. The molecule has 3 fully saturated rings. The highest BCUT2D eigenvalue weighted by Gasteiger charge is 2.42. The van der Waals surface area contributed by atoms with Crippen LogP contribution in [-0.2, 0) is 4.79 Å². The van der Waals surface area contributed by atoms with Crippen molar-refractivity contribution < 1.29 is 9.59 Å². The number of amides is 3. The number of fused-ring (bicyclic) bond motifs is 1. The van der Waals surface area contributed by atoms with Gasteiger partial charge in [0.1, 0.15) is 0 Å². The van der Waals surface area contributed by atoms with Gasteiger partial charge in [0.05, 0.1) is 12.1 Å². The lowest BCUT2D eigenvalue weighted by Gasteiger charge is -2.35. The lowest BCUT2D eigenvalue weighted by Crippen LogP contribution is -2.49. The first-order valence-corrected chi connectivity index (χ1v) is 11.2. The Hall–Kier alpha value is -1.74. The number of piperazine rings is 1. The van der Waals surface area contributed by atoms with Crippen LogP contribution in [0.25, 0.3) is 0 Å². The van der Waals surface area contributed by atoms with E-state index in [-0.39, 0.29) is 24.0 Å². The molecule has 4 heterocycles. The maximum atomic E-state index is 12.5. The van der Waals surface area contributed by atoms with Crippen molar-refractivity contribution in [2.75, 3.05) is 36.8 Å². The predicted octanol–water partition coefficient (Wildman–Crippen LogP) is 1.50. The van der Waals surface area contributed by atoms with E-state index < -0.39 is 0 Å². The number of aromatic nitrogens is 2. The Balaban J connectivity index is 1.14. The average molecular weight is 425 g/mol. The van der Waals surface area contributed by atoms with Crippen LogP contribution in [0.2, 0.25) is 5.15 Å². The van der Waals surface area contributed by atoms with Gasteiger partial charge in [0.2, 0.25) is 5.91 Å². The van der Waals surface area contributed by atoms with Crippen molar-refractivity contribution in [2.45, 2.75) is 43.0 Å². The molecule has 0 spiro atoms. The predicted molar refractivity (Wildman–Crippen MR) is 110 cm³/mol. The number of carbonyl (C=O) groups excluding carboxylic acids is 2. The molecule has 0 aliphatic carbocycles. The highest BCUT2D eigenvalue weighted by Crippen LogP contribution is 2.33. The van der Waals surface area contributed by atoms with Crippen molar-refractivity contribution in [2.24, 2.45) is 0 Å². The number of hydrogen-bond donors (Lipinski definition) is 2. The molecule has 1 aromatic rings. The number of hydrogen-bond acceptors (Lipinski definition) is 6.